The maximum absolute atomic E-state index is 12.2. The van der Waals surface area contributed by atoms with Crippen molar-refractivity contribution in [2.45, 2.75) is 204 Å². The molecule has 332 valence electrons. The second-order valence-electron chi connectivity index (χ2n) is 21.6. The molecule has 0 bridgehead atoms. The van der Waals surface area contributed by atoms with Gasteiger partial charge < -0.3 is 69.3 Å². The Morgan fingerprint density at radius 3 is 2.14 bits per heavy atom. The number of ether oxygens (including phenoxy) is 6. The summed E-state index contributed by atoms with van der Waals surface area (Å²) in [5.41, 5.74) is -3.30. The fraction of sp³-hybridized carbons (Fsp3) is 0.977. The third-order valence-corrected chi connectivity index (χ3v) is 17.9. The maximum Gasteiger partial charge on any atom is 0.303 e. The van der Waals surface area contributed by atoms with Crippen molar-refractivity contribution in [3.63, 3.8) is 0 Å². The van der Waals surface area contributed by atoms with Crippen molar-refractivity contribution >= 4 is 5.97 Å². The lowest BCUT2D eigenvalue weighted by molar-refractivity contribution is -0.339. The lowest BCUT2D eigenvalue weighted by Crippen LogP contribution is -2.65. The van der Waals surface area contributed by atoms with E-state index in [1.165, 1.54) is 6.92 Å². The van der Waals surface area contributed by atoms with E-state index in [9.17, 15) is 45.6 Å². The Hall–Kier alpha value is -1.05. The van der Waals surface area contributed by atoms with Crippen LogP contribution in [0.25, 0.3) is 0 Å². The van der Waals surface area contributed by atoms with Gasteiger partial charge in [-0.3, -0.25) is 4.79 Å². The van der Waals surface area contributed by atoms with Gasteiger partial charge in [0.15, 0.2) is 18.7 Å². The number of carbonyl (C=O) groups is 1. The van der Waals surface area contributed by atoms with E-state index in [0.717, 1.165) is 32.1 Å². The van der Waals surface area contributed by atoms with E-state index in [1.807, 2.05) is 0 Å². The molecule has 8 N–H and O–H groups in total. The van der Waals surface area contributed by atoms with E-state index >= 15 is 0 Å². The molecule has 21 atom stereocenters. The fourth-order valence-corrected chi connectivity index (χ4v) is 15.2. The molecule has 5 saturated carbocycles. The van der Waals surface area contributed by atoms with Crippen molar-refractivity contribution in [3.05, 3.63) is 0 Å². The lowest BCUT2D eigenvalue weighted by atomic mass is 9.41. The van der Waals surface area contributed by atoms with Crippen LogP contribution in [0.5, 0.6) is 0 Å². The maximum atomic E-state index is 12.2. The molecule has 8 rings (SSSR count). The standard InChI is InChI=1S/C43H70O15/c1-20(45)54-32-22(47)18-53-35(31(32)51)57-26-10-12-43-19-42(43)14-13-39(6)33(41(8)11-9-27(58-41)38(4,5)52)21(46)16-40(39,7)25(42)15-23(34(43)37(26,2)3)55-36-30(50)29(49)28(48)24(17-44)56-36/h21-36,44,46-52H,9-19H2,1-8H3/t21-,22+,23-,24-,25-,26-,27+,28-,29+,30-,31+,32-,33-,34+,35-,36-,39+,40-,41+,42-,43+/m0/s1. The summed E-state index contributed by atoms with van der Waals surface area (Å²) >= 11 is 0. The Bertz CT molecular complexity index is 1570. The molecule has 15 heteroatoms. The minimum absolute atomic E-state index is 0.0855. The average molecular weight is 827 g/mol. The Balaban J connectivity index is 1.14. The van der Waals surface area contributed by atoms with Gasteiger partial charge in [-0.2, -0.15) is 0 Å². The molecule has 0 radical (unpaired) electrons. The molecule has 58 heavy (non-hydrogen) atoms. The summed E-state index contributed by atoms with van der Waals surface area (Å²) in [7, 11) is 0. The second kappa shape index (κ2) is 14.2. The molecule has 8 fully saturated rings. The summed E-state index contributed by atoms with van der Waals surface area (Å²) in [5, 5.41) is 87.8. The van der Waals surface area contributed by atoms with Gasteiger partial charge in [-0.1, -0.05) is 27.7 Å². The first-order chi connectivity index (χ1) is 26.9. The van der Waals surface area contributed by atoms with Crippen molar-refractivity contribution in [2.75, 3.05) is 13.2 Å². The van der Waals surface area contributed by atoms with E-state index in [-0.39, 0.29) is 52.1 Å². The van der Waals surface area contributed by atoms with Crippen molar-refractivity contribution in [1.29, 1.82) is 0 Å². The molecule has 0 unspecified atom stereocenters. The highest BCUT2D eigenvalue weighted by Crippen LogP contribution is 2.89. The predicted octanol–water partition coefficient (Wildman–Crippen LogP) is 1.29. The number of hydrogen-bond donors (Lipinski definition) is 8. The first-order valence-electron chi connectivity index (χ1n) is 21.8. The summed E-state index contributed by atoms with van der Waals surface area (Å²) in [4.78, 5) is 11.9. The Kier molecular flexibility index (Phi) is 10.7. The first-order valence-corrected chi connectivity index (χ1v) is 21.8. The molecule has 3 heterocycles. The van der Waals surface area contributed by atoms with Crippen molar-refractivity contribution < 1.29 is 74.1 Å². The van der Waals surface area contributed by atoms with E-state index in [0.29, 0.717) is 25.7 Å². The highest BCUT2D eigenvalue weighted by atomic mass is 16.7. The van der Waals surface area contributed by atoms with E-state index in [1.54, 1.807) is 13.8 Å². The number of aliphatic hydroxyl groups is 8. The average Bonchev–Trinajstić information content (AvgIpc) is 3.49. The third kappa shape index (κ3) is 6.17. The normalized spacial score (nSPS) is 56.1. The number of esters is 1. The van der Waals surface area contributed by atoms with Gasteiger partial charge in [0.2, 0.25) is 0 Å². The quantitative estimate of drug-likeness (QED) is 0.127. The monoisotopic (exact) mass is 826 g/mol. The zero-order valence-electron chi connectivity index (χ0n) is 35.5. The van der Waals surface area contributed by atoms with Crippen LogP contribution < -0.4 is 0 Å². The van der Waals surface area contributed by atoms with Crippen LogP contribution in [0.3, 0.4) is 0 Å². The van der Waals surface area contributed by atoms with Crippen LogP contribution in [-0.4, -0.2) is 151 Å². The van der Waals surface area contributed by atoms with Gasteiger partial charge in [0.25, 0.3) is 0 Å². The molecular weight excluding hydrogens is 756 g/mol. The molecule has 0 aromatic heterocycles. The van der Waals surface area contributed by atoms with Gasteiger partial charge in [-0.15, -0.1) is 0 Å². The van der Waals surface area contributed by atoms with Crippen LogP contribution in [0, 0.1) is 44.8 Å². The third-order valence-electron chi connectivity index (χ3n) is 17.9. The molecule has 15 nitrogen and oxygen atoms in total. The topological polar surface area (TPSA) is 234 Å². The number of aliphatic hydroxyl groups excluding tert-OH is 7. The van der Waals surface area contributed by atoms with Crippen LogP contribution in [0.1, 0.15) is 113 Å². The second-order valence-corrected chi connectivity index (χ2v) is 21.6. The first kappa shape index (κ1) is 43.6. The van der Waals surface area contributed by atoms with Crippen LogP contribution in [0.15, 0.2) is 0 Å². The Labute approximate surface area is 341 Å². The predicted molar refractivity (Wildman–Crippen MR) is 203 cm³/mol. The summed E-state index contributed by atoms with van der Waals surface area (Å²) in [6.07, 6.45) is -7.63. The number of rotatable bonds is 8. The molecule has 3 saturated heterocycles. The van der Waals surface area contributed by atoms with Gasteiger partial charge >= 0.3 is 5.97 Å². The smallest absolute Gasteiger partial charge is 0.303 e. The van der Waals surface area contributed by atoms with Gasteiger partial charge in [0, 0.05) is 12.8 Å². The fourth-order valence-electron chi connectivity index (χ4n) is 15.2. The molecular formula is C43H70O15. The number of carbonyl (C=O) groups excluding carboxylic acids is 1. The molecule has 0 amide bonds. The van der Waals surface area contributed by atoms with Crippen LogP contribution >= 0.6 is 0 Å². The van der Waals surface area contributed by atoms with Gasteiger partial charge in [0.05, 0.1) is 48.8 Å². The lowest BCUT2D eigenvalue weighted by Gasteiger charge is -2.65. The SMILES string of the molecule is CC(=O)O[C@@H]1[C@@H](O)[C@H](O[C@H]2CC[C@]34C[C@]35CC[C@]3(C)[C@@H]([C@@]6(C)CC[C@H](C(C)(C)O)O6)[C@@H](O)C[C@@]3(C)[C@@H]5C[C@H](O[C@H]3O[C@@H](CO)[C@H](O)[C@@H](O)[C@@H]3O)[C@@H]4C2(C)C)OC[C@H]1O. The summed E-state index contributed by atoms with van der Waals surface area (Å²) in [5.74, 6) is -0.920. The van der Waals surface area contributed by atoms with Gasteiger partial charge in [-0.05, 0) is 117 Å². The summed E-state index contributed by atoms with van der Waals surface area (Å²) in [6, 6.07) is 0. The zero-order valence-corrected chi connectivity index (χ0v) is 35.5. The summed E-state index contributed by atoms with van der Waals surface area (Å²) < 4.78 is 37.4. The Morgan fingerprint density at radius 1 is 0.793 bits per heavy atom. The number of hydrogen-bond acceptors (Lipinski definition) is 15. The van der Waals surface area contributed by atoms with Crippen LogP contribution in [0.4, 0.5) is 0 Å². The van der Waals surface area contributed by atoms with Gasteiger partial charge in [-0.25, -0.2) is 0 Å². The van der Waals surface area contributed by atoms with Crippen LogP contribution in [-0.2, 0) is 33.2 Å². The largest absolute Gasteiger partial charge is 0.457 e. The highest BCUT2D eigenvalue weighted by molar-refractivity contribution is 5.66. The van der Waals surface area contributed by atoms with E-state index in [2.05, 4.69) is 34.6 Å². The molecule has 3 aliphatic heterocycles. The van der Waals surface area contributed by atoms with Crippen molar-refractivity contribution in [1.82, 2.24) is 0 Å². The molecule has 5 aliphatic carbocycles. The minimum atomic E-state index is -1.62. The molecule has 2 spiro atoms. The summed E-state index contributed by atoms with van der Waals surface area (Å²) in [6.45, 7) is 15.0. The molecule has 0 aromatic rings. The van der Waals surface area contributed by atoms with Crippen LogP contribution in [0.2, 0.25) is 0 Å². The molecule has 0 aromatic carbocycles. The van der Waals surface area contributed by atoms with Crippen molar-refractivity contribution in [3.8, 4) is 0 Å². The molecule has 8 aliphatic rings. The van der Waals surface area contributed by atoms with E-state index in [4.69, 9.17) is 28.4 Å². The van der Waals surface area contributed by atoms with Gasteiger partial charge in [0.1, 0.15) is 36.6 Å². The Morgan fingerprint density at radius 2 is 1.50 bits per heavy atom. The van der Waals surface area contributed by atoms with E-state index < -0.39 is 103 Å². The van der Waals surface area contributed by atoms with Crippen molar-refractivity contribution in [2.24, 2.45) is 44.8 Å². The highest BCUT2D eigenvalue weighted by Gasteiger charge is 2.85. The minimum Gasteiger partial charge on any atom is -0.457 e. The zero-order chi connectivity index (χ0) is 42.3. The number of fused-ring (bicyclic) bond motifs is 2.